The molecule has 1 aromatic rings. The molecule has 0 fully saturated rings. The fourth-order valence-corrected chi connectivity index (χ4v) is 1.13. The van der Waals surface area contributed by atoms with Gasteiger partial charge in [-0.05, 0) is 19.1 Å². The van der Waals surface area contributed by atoms with Crippen LogP contribution in [0.5, 0.6) is 11.5 Å². The van der Waals surface area contributed by atoms with Crippen molar-refractivity contribution in [3.63, 3.8) is 0 Å². The minimum atomic E-state index is -0.474. The van der Waals surface area contributed by atoms with Gasteiger partial charge in [0.15, 0.2) is 6.29 Å². The number of benzene rings is 1. The molecule has 5 nitrogen and oxygen atoms in total. The van der Waals surface area contributed by atoms with E-state index >= 15 is 0 Å². The number of carbonyl (C=O) groups excluding carboxylic acids is 2. The summed E-state index contributed by atoms with van der Waals surface area (Å²) in [6.07, 6.45) is 0.549. The van der Waals surface area contributed by atoms with Crippen molar-refractivity contribution in [3.8, 4) is 11.5 Å². The summed E-state index contributed by atoms with van der Waals surface area (Å²) in [6.45, 7) is 5.23. The summed E-state index contributed by atoms with van der Waals surface area (Å²) < 4.78 is 10.1. The number of hydrogen-bond donors (Lipinski definition) is 1. The summed E-state index contributed by atoms with van der Waals surface area (Å²) in [4.78, 5) is 21.5. The van der Waals surface area contributed by atoms with Crippen molar-refractivity contribution in [1.29, 1.82) is 0 Å². The van der Waals surface area contributed by atoms with Gasteiger partial charge in [-0.25, -0.2) is 4.79 Å². The molecule has 1 N–H and O–H groups in total. The van der Waals surface area contributed by atoms with Gasteiger partial charge in [0.05, 0.1) is 5.56 Å². The van der Waals surface area contributed by atoms with E-state index in [9.17, 15) is 14.7 Å². The van der Waals surface area contributed by atoms with E-state index in [1.54, 1.807) is 13.0 Å². The molecule has 0 saturated carbocycles. The van der Waals surface area contributed by atoms with Crippen LogP contribution in [0.1, 0.15) is 17.3 Å². The average molecular weight is 250 g/mol. The van der Waals surface area contributed by atoms with Gasteiger partial charge in [0.1, 0.15) is 24.7 Å². The Balaban J connectivity index is 2.40. The van der Waals surface area contributed by atoms with Crippen LogP contribution in [-0.2, 0) is 9.53 Å². The molecule has 0 heterocycles. The van der Waals surface area contributed by atoms with Crippen LogP contribution in [0.15, 0.2) is 30.4 Å². The molecular formula is C13H14O5. The van der Waals surface area contributed by atoms with Crippen molar-refractivity contribution in [2.45, 2.75) is 6.92 Å². The predicted octanol–water partition coefficient (Wildman–Crippen LogP) is 1.70. The summed E-state index contributed by atoms with van der Waals surface area (Å²) in [5.41, 5.74) is 0.513. The number of phenols is 1. The first-order valence-electron chi connectivity index (χ1n) is 5.28. The Hall–Kier alpha value is -2.30. The molecule has 0 saturated heterocycles. The number of carbonyl (C=O) groups is 2. The van der Waals surface area contributed by atoms with Gasteiger partial charge in [0, 0.05) is 11.6 Å². The van der Waals surface area contributed by atoms with Crippen LogP contribution in [0.2, 0.25) is 0 Å². The number of aromatic hydroxyl groups is 1. The van der Waals surface area contributed by atoms with Crippen molar-refractivity contribution >= 4 is 12.3 Å². The number of rotatable bonds is 6. The fraction of sp³-hybridized carbons (Fsp3) is 0.231. The van der Waals surface area contributed by atoms with Gasteiger partial charge in [-0.1, -0.05) is 6.58 Å². The molecular weight excluding hydrogens is 236 g/mol. The second-order valence-corrected chi connectivity index (χ2v) is 3.60. The topological polar surface area (TPSA) is 72.8 Å². The van der Waals surface area contributed by atoms with Gasteiger partial charge in [0.2, 0.25) is 0 Å². The van der Waals surface area contributed by atoms with Gasteiger partial charge >= 0.3 is 5.97 Å². The zero-order valence-corrected chi connectivity index (χ0v) is 10.0. The molecule has 0 atom stereocenters. The molecule has 96 valence electrons. The normalized spacial score (nSPS) is 9.61. The monoisotopic (exact) mass is 250 g/mol. The van der Waals surface area contributed by atoms with Gasteiger partial charge in [-0.3, -0.25) is 4.79 Å². The van der Waals surface area contributed by atoms with Crippen LogP contribution in [0.25, 0.3) is 0 Å². The summed E-state index contributed by atoms with van der Waals surface area (Å²) in [6, 6.07) is 4.31. The van der Waals surface area contributed by atoms with E-state index in [2.05, 4.69) is 6.58 Å². The van der Waals surface area contributed by atoms with Gasteiger partial charge in [-0.15, -0.1) is 0 Å². The zero-order valence-electron chi connectivity index (χ0n) is 10.0. The first kappa shape index (κ1) is 13.8. The van der Waals surface area contributed by atoms with E-state index in [-0.39, 0.29) is 24.5 Å². The lowest BCUT2D eigenvalue weighted by molar-refractivity contribution is -0.139. The molecule has 0 radical (unpaired) electrons. The van der Waals surface area contributed by atoms with Crippen LogP contribution >= 0.6 is 0 Å². The molecule has 0 aromatic heterocycles. The van der Waals surface area contributed by atoms with Gasteiger partial charge < -0.3 is 14.6 Å². The molecule has 0 aliphatic heterocycles. The third kappa shape index (κ3) is 3.93. The Bertz CT molecular complexity index is 464. The van der Waals surface area contributed by atoms with E-state index in [1.807, 2.05) is 0 Å². The lowest BCUT2D eigenvalue weighted by Gasteiger charge is -2.08. The molecule has 0 aliphatic carbocycles. The van der Waals surface area contributed by atoms with Crippen LogP contribution in [-0.4, -0.2) is 30.6 Å². The molecule has 0 amide bonds. The lowest BCUT2D eigenvalue weighted by atomic mass is 10.2. The minimum absolute atomic E-state index is 0.0852. The number of aldehydes is 1. The van der Waals surface area contributed by atoms with E-state index in [4.69, 9.17) is 9.47 Å². The SMILES string of the molecule is C=C(C)C(=O)OCCOc1ccc(C=O)c(O)c1. The fourth-order valence-electron chi connectivity index (χ4n) is 1.13. The van der Waals surface area contributed by atoms with E-state index in [0.29, 0.717) is 17.6 Å². The Morgan fingerprint density at radius 2 is 2.17 bits per heavy atom. The van der Waals surface area contributed by atoms with Gasteiger partial charge in [-0.2, -0.15) is 0 Å². The first-order valence-corrected chi connectivity index (χ1v) is 5.28. The number of hydrogen-bond acceptors (Lipinski definition) is 5. The Morgan fingerprint density at radius 1 is 1.44 bits per heavy atom. The average Bonchev–Trinajstić information content (AvgIpc) is 2.34. The first-order chi connectivity index (χ1) is 8.54. The summed E-state index contributed by atoms with van der Waals surface area (Å²) in [7, 11) is 0. The summed E-state index contributed by atoms with van der Waals surface area (Å²) >= 11 is 0. The highest BCUT2D eigenvalue weighted by Crippen LogP contribution is 2.21. The van der Waals surface area contributed by atoms with Crippen LogP contribution < -0.4 is 4.74 Å². The quantitative estimate of drug-likeness (QED) is 0.360. The third-order valence-corrected chi connectivity index (χ3v) is 2.06. The van der Waals surface area contributed by atoms with Crippen LogP contribution in [0.3, 0.4) is 0 Å². The molecule has 0 unspecified atom stereocenters. The highest BCUT2D eigenvalue weighted by Gasteiger charge is 2.04. The number of ether oxygens (including phenoxy) is 2. The second-order valence-electron chi connectivity index (χ2n) is 3.60. The summed E-state index contributed by atoms with van der Waals surface area (Å²) in [5, 5.41) is 9.40. The molecule has 18 heavy (non-hydrogen) atoms. The van der Waals surface area contributed by atoms with Crippen molar-refractivity contribution in [2.75, 3.05) is 13.2 Å². The number of esters is 1. The number of phenolic OH excluding ortho intramolecular Hbond substituents is 1. The standard InChI is InChI=1S/C13H14O5/c1-9(2)13(16)18-6-5-17-11-4-3-10(8-14)12(15)7-11/h3-4,7-8,15H,1,5-6H2,2H3. The zero-order chi connectivity index (χ0) is 13.5. The van der Waals surface area contributed by atoms with Crippen molar-refractivity contribution in [1.82, 2.24) is 0 Å². The van der Waals surface area contributed by atoms with Crippen molar-refractivity contribution in [3.05, 3.63) is 35.9 Å². The highest BCUT2D eigenvalue weighted by molar-refractivity contribution is 5.86. The molecule has 1 rings (SSSR count). The largest absolute Gasteiger partial charge is 0.507 e. The molecule has 0 aliphatic rings. The lowest BCUT2D eigenvalue weighted by Crippen LogP contribution is -2.12. The maximum Gasteiger partial charge on any atom is 0.333 e. The van der Waals surface area contributed by atoms with Crippen LogP contribution in [0, 0.1) is 0 Å². The maximum absolute atomic E-state index is 11.0. The van der Waals surface area contributed by atoms with Gasteiger partial charge in [0.25, 0.3) is 0 Å². The minimum Gasteiger partial charge on any atom is -0.507 e. The molecule has 0 bridgehead atoms. The highest BCUT2D eigenvalue weighted by atomic mass is 16.6. The van der Waals surface area contributed by atoms with Crippen molar-refractivity contribution in [2.24, 2.45) is 0 Å². The Morgan fingerprint density at radius 3 is 2.72 bits per heavy atom. The summed E-state index contributed by atoms with van der Waals surface area (Å²) in [5.74, 6) is -0.233. The smallest absolute Gasteiger partial charge is 0.333 e. The van der Waals surface area contributed by atoms with E-state index in [0.717, 1.165) is 0 Å². The van der Waals surface area contributed by atoms with Crippen LogP contribution in [0.4, 0.5) is 0 Å². The second kappa shape index (κ2) is 6.44. The Kier molecular flexibility index (Phi) is 4.92. The van der Waals surface area contributed by atoms with Crippen molar-refractivity contribution < 1.29 is 24.2 Å². The maximum atomic E-state index is 11.0. The van der Waals surface area contributed by atoms with E-state index in [1.165, 1.54) is 12.1 Å². The molecule has 0 spiro atoms. The van der Waals surface area contributed by atoms with E-state index < -0.39 is 5.97 Å². The predicted molar refractivity (Wildman–Crippen MR) is 64.8 cm³/mol. The Labute approximate surface area is 105 Å². The third-order valence-electron chi connectivity index (χ3n) is 2.06. The molecule has 5 heteroatoms. The molecule has 1 aromatic carbocycles.